The number of carbonyl (C=O) groups excluding carboxylic acids is 1. The van der Waals surface area contributed by atoms with Crippen molar-refractivity contribution >= 4 is 21.6 Å². The molecule has 0 saturated carbocycles. The van der Waals surface area contributed by atoms with E-state index >= 15 is 0 Å². The Bertz CT molecular complexity index is 1340. The van der Waals surface area contributed by atoms with Gasteiger partial charge in [-0.2, -0.15) is 9.40 Å². The van der Waals surface area contributed by atoms with Crippen molar-refractivity contribution in [1.29, 1.82) is 0 Å². The minimum atomic E-state index is -3.55. The Morgan fingerprint density at radius 1 is 1.00 bits per heavy atom. The number of fused-ring (bicyclic) bond motifs is 1. The Balaban J connectivity index is 1.26. The summed E-state index contributed by atoms with van der Waals surface area (Å²) < 4.78 is 29.8. The van der Waals surface area contributed by atoms with Crippen LogP contribution < -0.4 is 5.32 Å². The smallest absolute Gasteiger partial charge is 0.243 e. The van der Waals surface area contributed by atoms with E-state index in [0.29, 0.717) is 36.5 Å². The molecule has 7 nitrogen and oxygen atoms in total. The SMILES string of the molecule is Cc1cc(C)n(-c2ccccc2NC(=O)C2CCN(S(=O)(=O)c3ccc4c(c3)CCC4)CC2)n1. The molecule has 1 aliphatic heterocycles. The summed E-state index contributed by atoms with van der Waals surface area (Å²) in [5.74, 6) is -0.316. The minimum absolute atomic E-state index is 0.0800. The topological polar surface area (TPSA) is 84.3 Å². The van der Waals surface area contributed by atoms with Crippen molar-refractivity contribution in [2.45, 2.75) is 50.8 Å². The van der Waals surface area contributed by atoms with E-state index in [1.54, 1.807) is 6.07 Å². The Morgan fingerprint density at radius 2 is 1.74 bits per heavy atom. The van der Waals surface area contributed by atoms with Gasteiger partial charge in [0.05, 0.1) is 22.0 Å². The molecule has 2 heterocycles. The summed E-state index contributed by atoms with van der Waals surface area (Å²) in [5, 5.41) is 7.60. The zero-order chi connectivity index (χ0) is 23.9. The van der Waals surface area contributed by atoms with Gasteiger partial charge in [-0.3, -0.25) is 4.79 Å². The molecule has 2 aliphatic rings. The van der Waals surface area contributed by atoms with Crippen molar-refractivity contribution < 1.29 is 13.2 Å². The fraction of sp³-hybridized carbons (Fsp3) is 0.385. The van der Waals surface area contributed by atoms with Crippen molar-refractivity contribution in [3.8, 4) is 5.69 Å². The number of carbonyl (C=O) groups is 1. The van der Waals surface area contributed by atoms with Gasteiger partial charge in [-0.15, -0.1) is 0 Å². The number of sulfonamides is 1. The van der Waals surface area contributed by atoms with Crippen LogP contribution in [0.25, 0.3) is 5.69 Å². The maximum atomic E-state index is 13.2. The number of amides is 1. The summed E-state index contributed by atoms with van der Waals surface area (Å²) in [6.07, 6.45) is 4.05. The van der Waals surface area contributed by atoms with Crippen LogP contribution in [0.15, 0.2) is 53.4 Å². The van der Waals surface area contributed by atoms with Crippen LogP contribution >= 0.6 is 0 Å². The van der Waals surface area contributed by atoms with Crippen molar-refractivity contribution in [3.05, 3.63) is 71.0 Å². The number of nitrogens with zero attached hydrogens (tertiary/aromatic N) is 3. The molecule has 0 bridgehead atoms. The average molecular weight is 479 g/mol. The van der Waals surface area contributed by atoms with Gasteiger partial charge in [-0.25, -0.2) is 13.1 Å². The van der Waals surface area contributed by atoms with Crippen LogP contribution in [0.4, 0.5) is 5.69 Å². The predicted molar refractivity (Wildman–Crippen MR) is 132 cm³/mol. The second-order valence-corrected chi connectivity index (χ2v) is 11.2. The molecule has 5 rings (SSSR count). The number of rotatable bonds is 5. The van der Waals surface area contributed by atoms with E-state index in [1.807, 2.05) is 61.0 Å². The van der Waals surface area contributed by atoms with Gasteiger partial charge in [-0.1, -0.05) is 18.2 Å². The summed E-state index contributed by atoms with van der Waals surface area (Å²) in [5.41, 5.74) is 5.83. The van der Waals surface area contributed by atoms with E-state index in [9.17, 15) is 13.2 Å². The number of hydrogen-bond donors (Lipinski definition) is 1. The highest BCUT2D eigenvalue weighted by molar-refractivity contribution is 7.89. The number of aromatic nitrogens is 2. The lowest BCUT2D eigenvalue weighted by atomic mass is 9.97. The molecule has 0 spiro atoms. The van der Waals surface area contributed by atoms with Crippen LogP contribution in [-0.2, 0) is 27.7 Å². The standard InChI is InChI=1S/C26H30N4O3S/c1-18-16-19(2)30(28-18)25-9-4-3-8-24(25)27-26(31)21-12-14-29(15-13-21)34(32,33)23-11-10-20-6-5-7-22(20)17-23/h3-4,8-11,16-17,21H,5-7,12-15H2,1-2H3,(H,27,31). The monoisotopic (exact) mass is 478 g/mol. The number of para-hydroxylation sites is 2. The van der Waals surface area contributed by atoms with Crippen LogP contribution in [0.5, 0.6) is 0 Å². The predicted octanol–water partition coefficient (Wildman–Crippen LogP) is 4.02. The van der Waals surface area contributed by atoms with Gasteiger partial charge >= 0.3 is 0 Å². The maximum absolute atomic E-state index is 13.2. The Hall–Kier alpha value is -2.97. The lowest BCUT2D eigenvalue weighted by Gasteiger charge is -2.30. The Morgan fingerprint density at radius 3 is 2.47 bits per heavy atom. The van der Waals surface area contributed by atoms with Crippen LogP contribution in [0.3, 0.4) is 0 Å². The lowest BCUT2D eigenvalue weighted by Crippen LogP contribution is -2.41. The molecule has 0 unspecified atom stereocenters. The average Bonchev–Trinajstić information content (AvgIpc) is 3.44. The first-order chi connectivity index (χ1) is 16.3. The van der Waals surface area contributed by atoms with Crippen LogP contribution in [0.2, 0.25) is 0 Å². The summed E-state index contributed by atoms with van der Waals surface area (Å²) in [6, 6.07) is 15.1. The summed E-state index contributed by atoms with van der Waals surface area (Å²) in [4.78, 5) is 13.5. The fourth-order valence-corrected chi connectivity index (χ4v) is 6.61. The molecule has 1 aromatic heterocycles. The number of piperidine rings is 1. The third-order valence-corrected chi connectivity index (χ3v) is 8.83. The molecule has 0 radical (unpaired) electrons. The molecule has 34 heavy (non-hydrogen) atoms. The number of aryl methyl sites for hydroxylation is 4. The van der Waals surface area contributed by atoms with Crippen molar-refractivity contribution in [2.24, 2.45) is 5.92 Å². The Labute approximate surface area is 200 Å². The van der Waals surface area contributed by atoms with Gasteiger partial charge in [0.25, 0.3) is 0 Å². The summed E-state index contributed by atoms with van der Waals surface area (Å²) >= 11 is 0. The molecule has 1 fully saturated rings. The number of benzene rings is 2. The lowest BCUT2D eigenvalue weighted by molar-refractivity contribution is -0.120. The molecule has 1 aliphatic carbocycles. The molecule has 2 aromatic carbocycles. The van der Waals surface area contributed by atoms with E-state index < -0.39 is 10.0 Å². The zero-order valence-corrected chi connectivity index (χ0v) is 20.4. The first kappa shape index (κ1) is 22.8. The minimum Gasteiger partial charge on any atom is -0.324 e. The molecule has 3 aromatic rings. The first-order valence-electron chi connectivity index (χ1n) is 11.9. The van der Waals surface area contributed by atoms with E-state index in [0.717, 1.165) is 41.9 Å². The largest absolute Gasteiger partial charge is 0.324 e. The van der Waals surface area contributed by atoms with Crippen LogP contribution in [-0.4, -0.2) is 41.5 Å². The van der Waals surface area contributed by atoms with Gasteiger partial charge in [0.15, 0.2) is 0 Å². The molecular formula is C26H30N4O3S. The van der Waals surface area contributed by atoms with Gasteiger partial charge in [-0.05, 0) is 87.4 Å². The number of anilines is 1. The van der Waals surface area contributed by atoms with Crippen LogP contribution in [0.1, 0.15) is 41.8 Å². The molecule has 1 amide bonds. The second kappa shape index (κ2) is 9.00. The second-order valence-electron chi connectivity index (χ2n) is 9.31. The highest BCUT2D eigenvalue weighted by Crippen LogP contribution is 2.29. The van der Waals surface area contributed by atoms with E-state index in [-0.39, 0.29) is 11.8 Å². The molecular weight excluding hydrogens is 448 g/mol. The van der Waals surface area contributed by atoms with Crippen molar-refractivity contribution in [1.82, 2.24) is 14.1 Å². The quantitative estimate of drug-likeness (QED) is 0.600. The summed E-state index contributed by atoms with van der Waals surface area (Å²) in [6.45, 7) is 4.61. The molecule has 1 saturated heterocycles. The maximum Gasteiger partial charge on any atom is 0.243 e. The normalized spacial score (nSPS) is 17.0. The van der Waals surface area contributed by atoms with Gasteiger partial charge in [0.1, 0.15) is 0 Å². The third-order valence-electron chi connectivity index (χ3n) is 6.93. The molecule has 8 heteroatoms. The summed E-state index contributed by atoms with van der Waals surface area (Å²) in [7, 11) is -3.55. The fourth-order valence-electron chi connectivity index (χ4n) is 5.09. The van der Waals surface area contributed by atoms with Gasteiger partial charge in [0, 0.05) is 24.7 Å². The molecule has 1 N–H and O–H groups in total. The number of hydrogen-bond acceptors (Lipinski definition) is 4. The third kappa shape index (κ3) is 4.28. The zero-order valence-electron chi connectivity index (χ0n) is 19.6. The highest BCUT2D eigenvalue weighted by atomic mass is 32.2. The Kier molecular flexibility index (Phi) is 6.04. The van der Waals surface area contributed by atoms with E-state index in [2.05, 4.69) is 10.4 Å². The highest BCUT2D eigenvalue weighted by Gasteiger charge is 2.33. The van der Waals surface area contributed by atoms with Crippen LogP contribution in [0, 0.1) is 19.8 Å². The van der Waals surface area contributed by atoms with Gasteiger partial charge in [0.2, 0.25) is 15.9 Å². The van der Waals surface area contributed by atoms with Crippen molar-refractivity contribution in [2.75, 3.05) is 18.4 Å². The van der Waals surface area contributed by atoms with Gasteiger partial charge < -0.3 is 5.32 Å². The van der Waals surface area contributed by atoms with Crippen molar-refractivity contribution in [3.63, 3.8) is 0 Å². The first-order valence-corrected chi connectivity index (χ1v) is 13.3. The number of nitrogens with one attached hydrogen (secondary N) is 1. The van der Waals surface area contributed by atoms with E-state index in [4.69, 9.17) is 0 Å². The molecule has 178 valence electrons. The molecule has 0 atom stereocenters. The van der Waals surface area contributed by atoms with E-state index in [1.165, 1.54) is 9.87 Å².